The molecule has 0 saturated carbocycles. The van der Waals surface area contributed by atoms with Gasteiger partial charge in [0.15, 0.2) is 0 Å². The van der Waals surface area contributed by atoms with Crippen LogP contribution in [0.1, 0.15) is 46.5 Å². The Morgan fingerprint density at radius 1 is 1.20 bits per heavy atom. The van der Waals surface area contributed by atoms with Crippen LogP contribution in [-0.4, -0.2) is 37.0 Å². The van der Waals surface area contributed by atoms with E-state index in [-0.39, 0.29) is 12.6 Å². The third-order valence-corrected chi connectivity index (χ3v) is 2.29. The topological polar surface area (TPSA) is 41.5 Å². The molecule has 2 N–H and O–H groups in total. The van der Waals surface area contributed by atoms with E-state index in [1.54, 1.807) is 0 Å². The summed E-state index contributed by atoms with van der Waals surface area (Å²) in [7, 11) is 0. The standard InChI is InChI=1S/C12H27NO2/c1-4-5-6-8-15-9-7-12(10-14)13-11(2)3/h11-14H,4-10H2,1-3H3. The molecule has 0 heterocycles. The van der Waals surface area contributed by atoms with Crippen molar-refractivity contribution in [1.82, 2.24) is 5.32 Å². The summed E-state index contributed by atoms with van der Waals surface area (Å²) in [6, 6.07) is 0.596. The van der Waals surface area contributed by atoms with Crippen LogP contribution in [0.25, 0.3) is 0 Å². The summed E-state index contributed by atoms with van der Waals surface area (Å²) in [5, 5.41) is 12.4. The molecule has 0 rings (SSSR count). The number of rotatable bonds is 10. The number of nitrogens with one attached hydrogen (secondary N) is 1. The number of hydrogen-bond donors (Lipinski definition) is 2. The van der Waals surface area contributed by atoms with Gasteiger partial charge < -0.3 is 15.2 Å². The Balaban J connectivity index is 3.30. The number of unbranched alkanes of at least 4 members (excludes halogenated alkanes) is 2. The zero-order valence-corrected chi connectivity index (χ0v) is 10.5. The summed E-state index contributed by atoms with van der Waals surface area (Å²) in [6.07, 6.45) is 4.52. The second-order valence-electron chi connectivity index (χ2n) is 4.31. The van der Waals surface area contributed by atoms with E-state index in [1.165, 1.54) is 12.8 Å². The lowest BCUT2D eigenvalue weighted by Gasteiger charge is -2.18. The van der Waals surface area contributed by atoms with E-state index < -0.39 is 0 Å². The van der Waals surface area contributed by atoms with Crippen LogP contribution in [0.2, 0.25) is 0 Å². The van der Waals surface area contributed by atoms with Crippen LogP contribution < -0.4 is 5.32 Å². The molecule has 15 heavy (non-hydrogen) atoms. The summed E-state index contributed by atoms with van der Waals surface area (Å²) in [5.41, 5.74) is 0. The van der Waals surface area contributed by atoms with Gasteiger partial charge in [0.25, 0.3) is 0 Å². The van der Waals surface area contributed by atoms with Crippen molar-refractivity contribution in [3.63, 3.8) is 0 Å². The highest BCUT2D eigenvalue weighted by atomic mass is 16.5. The van der Waals surface area contributed by atoms with Gasteiger partial charge in [-0.1, -0.05) is 33.6 Å². The molecule has 3 nitrogen and oxygen atoms in total. The molecule has 0 aliphatic rings. The van der Waals surface area contributed by atoms with Gasteiger partial charge in [-0.15, -0.1) is 0 Å². The van der Waals surface area contributed by atoms with Crippen molar-refractivity contribution >= 4 is 0 Å². The third kappa shape index (κ3) is 10.2. The zero-order valence-electron chi connectivity index (χ0n) is 10.5. The summed E-state index contributed by atoms with van der Waals surface area (Å²) in [5.74, 6) is 0. The van der Waals surface area contributed by atoms with Gasteiger partial charge in [-0.2, -0.15) is 0 Å². The maximum absolute atomic E-state index is 9.10. The molecule has 0 fully saturated rings. The van der Waals surface area contributed by atoms with Crippen molar-refractivity contribution in [2.75, 3.05) is 19.8 Å². The maximum Gasteiger partial charge on any atom is 0.0585 e. The summed E-state index contributed by atoms with van der Waals surface area (Å²) in [6.45, 7) is 8.16. The molecule has 0 bridgehead atoms. The van der Waals surface area contributed by atoms with Gasteiger partial charge in [-0.25, -0.2) is 0 Å². The summed E-state index contributed by atoms with van der Waals surface area (Å²) >= 11 is 0. The largest absolute Gasteiger partial charge is 0.395 e. The predicted molar refractivity (Wildman–Crippen MR) is 64.1 cm³/mol. The lowest BCUT2D eigenvalue weighted by atomic mass is 10.2. The number of aliphatic hydroxyl groups is 1. The number of hydrogen-bond acceptors (Lipinski definition) is 3. The Bertz CT molecular complexity index is 129. The average Bonchev–Trinajstić information content (AvgIpc) is 2.20. The molecule has 3 heteroatoms. The van der Waals surface area contributed by atoms with Crippen molar-refractivity contribution in [1.29, 1.82) is 0 Å². The van der Waals surface area contributed by atoms with E-state index in [0.717, 1.165) is 26.1 Å². The lowest BCUT2D eigenvalue weighted by Crippen LogP contribution is -2.38. The van der Waals surface area contributed by atoms with Crippen molar-refractivity contribution in [3.05, 3.63) is 0 Å². The van der Waals surface area contributed by atoms with Crippen LogP contribution in [0.15, 0.2) is 0 Å². The van der Waals surface area contributed by atoms with Crippen molar-refractivity contribution in [2.45, 2.75) is 58.5 Å². The first-order valence-corrected chi connectivity index (χ1v) is 6.15. The second kappa shape index (κ2) is 10.4. The fraction of sp³-hybridized carbons (Fsp3) is 1.00. The molecule has 0 aliphatic carbocycles. The molecule has 0 radical (unpaired) electrons. The summed E-state index contributed by atoms with van der Waals surface area (Å²) in [4.78, 5) is 0. The van der Waals surface area contributed by atoms with Crippen molar-refractivity contribution < 1.29 is 9.84 Å². The average molecular weight is 217 g/mol. The Labute approximate surface area is 94.2 Å². The second-order valence-corrected chi connectivity index (χ2v) is 4.31. The third-order valence-electron chi connectivity index (χ3n) is 2.29. The molecular formula is C12H27NO2. The summed E-state index contributed by atoms with van der Waals surface area (Å²) < 4.78 is 5.50. The Morgan fingerprint density at radius 3 is 2.47 bits per heavy atom. The molecule has 0 aromatic heterocycles. The van der Waals surface area contributed by atoms with Crippen LogP contribution in [0.5, 0.6) is 0 Å². The van der Waals surface area contributed by atoms with Gasteiger partial charge >= 0.3 is 0 Å². The number of ether oxygens (including phenoxy) is 1. The first kappa shape index (κ1) is 14.9. The fourth-order valence-electron chi connectivity index (χ4n) is 1.48. The zero-order chi connectivity index (χ0) is 11.5. The Hall–Kier alpha value is -0.120. The first-order valence-electron chi connectivity index (χ1n) is 6.15. The molecule has 0 spiro atoms. The smallest absolute Gasteiger partial charge is 0.0585 e. The highest BCUT2D eigenvalue weighted by Crippen LogP contribution is 1.97. The fourth-order valence-corrected chi connectivity index (χ4v) is 1.48. The SMILES string of the molecule is CCCCCOCCC(CO)NC(C)C. The lowest BCUT2D eigenvalue weighted by molar-refractivity contribution is 0.109. The maximum atomic E-state index is 9.10. The molecule has 0 aromatic rings. The Kier molecular flexibility index (Phi) is 10.3. The minimum atomic E-state index is 0.177. The van der Waals surface area contributed by atoms with Crippen LogP contribution >= 0.6 is 0 Å². The molecule has 1 unspecified atom stereocenters. The van der Waals surface area contributed by atoms with Gasteiger partial charge in [0, 0.05) is 25.3 Å². The van der Waals surface area contributed by atoms with Crippen LogP contribution in [0, 0.1) is 0 Å². The molecule has 1 atom stereocenters. The van der Waals surface area contributed by atoms with Gasteiger partial charge in [0.05, 0.1) is 6.61 Å². The molecule has 92 valence electrons. The van der Waals surface area contributed by atoms with Gasteiger partial charge in [-0.3, -0.25) is 0 Å². The number of aliphatic hydroxyl groups excluding tert-OH is 1. The molecule has 0 aliphatic heterocycles. The van der Waals surface area contributed by atoms with E-state index >= 15 is 0 Å². The highest BCUT2D eigenvalue weighted by molar-refractivity contribution is 4.67. The van der Waals surface area contributed by atoms with Gasteiger partial charge in [-0.05, 0) is 12.8 Å². The molecule has 0 aromatic carbocycles. The first-order chi connectivity index (χ1) is 7.20. The van der Waals surface area contributed by atoms with E-state index in [0.29, 0.717) is 6.04 Å². The van der Waals surface area contributed by atoms with E-state index in [1.807, 2.05) is 0 Å². The normalized spacial score (nSPS) is 13.4. The van der Waals surface area contributed by atoms with Crippen molar-refractivity contribution in [3.8, 4) is 0 Å². The highest BCUT2D eigenvalue weighted by Gasteiger charge is 2.07. The van der Waals surface area contributed by atoms with E-state index in [2.05, 4.69) is 26.1 Å². The van der Waals surface area contributed by atoms with E-state index in [9.17, 15) is 0 Å². The van der Waals surface area contributed by atoms with Gasteiger partial charge in [0.1, 0.15) is 0 Å². The quantitative estimate of drug-likeness (QED) is 0.550. The van der Waals surface area contributed by atoms with E-state index in [4.69, 9.17) is 9.84 Å². The monoisotopic (exact) mass is 217 g/mol. The van der Waals surface area contributed by atoms with Crippen molar-refractivity contribution in [2.24, 2.45) is 0 Å². The minimum Gasteiger partial charge on any atom is -0.395 e. The van der Waals surface area contributed by atoms with Crippen LogP contribution in [0.4, 0.5) is 0 Å². The Morgan fingerprint density at radius 2 is 1.93 bits per heavy atom. The van der Waals surface area contributed by atoms with Crippen LogP contribution in [-0.2, 0) is 4.74 Å². The molecular weight excluding hydrogens is 190 g/mol. The van der Waals surface area contributed by atoms with Gasteiger partial charge in [0.2, 0.25) is 0 Å². The van der Waals surface area contributed by atoms with Crippen LogP contribution in [0.3, 0.4) is 0 Å². The predicted octanol–water partition coefficient (Wildman–Crippen LogP) is 1.94. The molecule has 0 amide bonds. The minimum absolute atomic E-state index is 0.177. The molecule has 0 saturated heterocycles.